The Labute approximate surface area is 128 Å². The van der Waals surface area contributed by atoms with E-state index in [0.29, 0.717) is 17.2 Å². The van der Waals surface area contributed by atoms with Gasteiger partial charge >= 0.3 is 0 Å². The Morgan fingerprint density at radius 2 is 2.33 bits per heavy atom. The minimum Gasteiger partial charge on any atom is -0.485 e. The average Bonchev–Trinajstić information content (AvgIpc) is 2.87. The van der Waals surface area contributed by atoms with Crippen molar-refractivity contribution in [1.82, 2.24) is 15.3 Å². The first-order valence-electron chi connectivity index (χ1n) is 6.90. The molecule has 0 aliphatic carbocycles. The molecule has 0 spiro atoms. The predicted octanol–water partition coefficient (Wildman–Crippen LogP) is 2.95. The van der Waals surface area contributed by atoms with Crippen LogP contribution in [0.25, 0.3) is 0 Å². The van der Waals surface area contributed by atoms with E-state index in [2.05, 4.69) is 15.3 Å². The summed E-state index contributed by atoms with van der Waals surface area (Å²) >= 11 is 1.37. The second kappa shape index (κ2) is 7.17. The van der Waals surface area contributed by atoms with Crippen molar-refractivity contribution in [3.05, 3.63) is 40.1 Å². The minimum absolute atomic E-state index is 0.0630. The number of ether oxygens (including phenoxy) is 1. The number of carbonyl (C=O) groups excluding carboxylic acids is 1. The van der Waals surface area contributed by atoms with E-state index in [-0.39, 0.29) is 11.9 Å². The van der Waals surface area contributed by atoms with Crippen molar-refractivity contribution < 1.29 is 9.53 Å². The molecule has 6 heteroatoms. The number of rotatable bonds is 6. The summed E-state index contributed by atoms with van der Waals surface area (Å²) in [6.45, 7) is 6.21. The number of hydrogen-bond acceptors (Lipinski definition) is 5. The zero-order chi connectivity index (χ0) is 15.2. The zero-order valence-corrected chi connectivity index (χ0v) is 13.2. The summed E-state index contributed by atoms with van der Waals surface area (Å²) in [5.74, 6) is 0.628. The lowest BCUT2D eigenvalue weighted by atomic mass is 10.2. The molecule has 2 aromatic rings. The summed E-state index contributed by atoms with van der Waals surface area (Å²) < 4.78 is 5.60. The first kappa shape index (κ1) is 15.4. The molecule has 0 saturated carbocycles. The van der Waals surface area contributed by atoms with Gasteiger partial charge in [0.25, 0.3) is 5.91 Å². The van der Waals surface area contributed by atoms with E-state index >= 15 is 0 Å². The van der Waals surface area contributed by atoms with Gasteiger partial charge in [0.05, 0.1) is 11.9 Å². The summed E-state index contributed by atoms with van der Waals surface area (Å²) in [7, 11) is 0. The molecule has 2 heterocycles. The molecule has 112 valence electrons. The highest BCUT2D eigenvalue weighted by atomic mass is 32.1. The van der Waals surface area contributed by atoms with Crippen molar-refractivity contribution in [2.45, 2.75) is 39.8 Å². The molecule has 1 atom stereocenters. The van der Waals surface area contributed by atoms with E-state index in [1.54, 1.807) is 12.4 Å². The van der Waals surface area contributed by atoms with Gasteiger partial charge in [-0.15, -0.1) is 11.3 Å². The van der Waals surface area contributed by atoms with Crippen LogP contribution in [-0.4, -0.2) is 21.9 Å². The molecule has 5 nitrogen and oxygen atoms in total. The smallest absolute Gasteiger partial charge is 0.263 e. The molecule has 1 amide bonds. The van der Waals surface area contributed by atoms with E-state index in [4.69, 9.17) is 4.74 Å². The van der Waals surface area contributed by atoms with Crippen LogP contribution in [0.2, 0.25) is 0 Å². The van der Waals surface area contributed by atoms with Crippen molar-refractivity contribution in [2.75, 3.05) is 0 Å². The van der Waals surface area contributed by atoms with Crippen LogP contribution >= 0.6 is 11.3 Å². The molecule has 0 radical (unpaired) electrons. The van der Waals surface area contributed by atoms with Gasteiger partial charge < -0.3 is 10.1 Å². The van der Waals surface area contributed by atoms with E-state index in [0.717, 1.165) is 17.1 Å². The highest BCUT2D eigenvalue weighted by Crippen LogP contribution is 2.20. The largest absolute Gasteiger partial charge is 0.485 e. The Morgan fingerprint density at radius 3 is 3.00 bits per heavy atom. The monoisotopic (exact) mass is 305 g/mol. The Bertz CT molecular complexity index is 598. The summed E-state index contributed by atoms with van der Waals surface area (Å²) in [5, 5.41) is 3.74. The van der Waals surface area contributed by atoms with Crippen molar-refractivity contribution >= 4 is 17.2 Å². The van der Waals surface area contributed by atoms with Crippen LogP contribution in [0.4, 0.5) is 0 Å². The molecule has 21 heavy (non-hydrogen) atoms. The summed E-state index contributed by atoms with van der Waals surface area (Å²) in [5.41, 5.74) is 0.741. The number of amides is 1. The molecule has 1 N–H and O–H groups in total. The van der Waals surface area contributed by atoms with Crippen LogP contribution < -0.4 is 10.1 Å². The average molecular weight is 305 g/mol. The Morgan fingerprint density at radius 1 is 1.52 bits per heavy atom. The van der Waals surface area contributed by atoms with Crippen LogP contribution in [0.15, 0.2) is 24.5 Å². The van der Waals surface area contributed by atoms with Gasteiger partial charge in [0.1, 0.15) is 22.2 Å². The van der Waals surface area contributed by atoms with Gasteiger partial charge in [-0.1, -0.05) is 6.92 Å². The first-order chi connectivity index (χ1) is 10.1. The van der Waals surface area contributed by atoms with Crippen molar-refractivity contribution in [1.29, 1.82) is 0 Å². The third-order valence-electron chi connectivity index (χ3n) is 3.03. The number of aromatic nitrogens is 2. The molecular weight excluding hydrogens is 286 g/mol. The fourth-order valence-electron chi connectivity index (χ4n) is 1.69. The third-order valence-corrected chi connectivity index (χ3v) is 4.16. The molecule has 0 aromatic carbocycles. The number of aryl methyl sites for hydroxylation is 1. The molecule has 0 bridgehead atoms. The highest BCUT2D eigenvalue weighted by Gasteiger charge is 2.16. The summed E-state index contributed by atoms with van der Waals surface area (Å²) in [6.07, 6.45) is 4.25. The maximum atomic E-state index is 12.1. The number of thiazole rings is 1. The fourth-order valence-corrected chi connectivity index (χ4v) is 2.57. The SMILES string of the molecule is CCC(C)NC(=O)c1sc(COc2cccnc2)nc1C. The number of pyridine rings is 1. The summed E-state index contributed by atoms with van der Waals surface area (Å²) in [6, 6.07) is 3.81. The molecular formula is C15H19N3O2S. The summed E-state index contributed by atoms with van der Waals surface area (Å²) in [4.78, 5) is 21.2. The fraction of sp³-hybridized carbons (Fsp3) is 0.400. The van der Waals surface area contributed by atoms with E-state index in [1.165, 1.54) is 11.3 Å². The standard InChI is InChI=1S/C15H19N3O2S/c1-4-10(2)17-15(19)14-11(3)18-13(21-14)9-20-12-6-5-7-16-8-12/h5-8,10H,4,9H2,1-3H3,(H,17,19). The number of nitrogens with one attached hydrogen (secondary N) is 1. The van der Waals surface area contributed by atoms with Gasteiger partial charge in [0, 0.05) is 12.2 Å². The molecule has 2 rings (SSSR count). The zero-order valence-electron chi connectivity index (χ0n) is 12.4. The van der Waals surface area contributed by atoms with Gasteiger partial charge in [0.2, 0.25) is 0 Å². The van der Waals surface area contributed by atoms with Crippen LogP contribution in [0.5, 0.6) is 5.75 Å². The van der Waals surface area contributed by atoms with E-state index in [1.807, 2.05) is 32.9 Å². The second-order valence-electron chi connectivity index (χ2n) is 4.78. The maximum absolute atomic E-state index is 12.1. The lowest BCUT2D eigenvalue weighted by Gasteiger charge is -2.10. The van der Waals surface area contributed by atoms with E-state index in [9.17, 15) is 4.79 Å². The van der Waals surface area contributed by atoms with Gasteiger partial charge in [-0.05, 0) is 32.4 Å². The van der Waals surface area contributed by atoms with Gasteiger partial charge in [-0.25, -0.2) is 4.98 Å². The first-order valence-corrected chi connectivity index (χ1v) is 7.71. The predicted molar refractivity (Wildman–Crippen MR) is 82.6 cm³/mol. The van der Waals surface area contributed by atoms with Crippen LogP contribution in [-0.2, 0) is 6.61 Å². The van der Waals surface area contributed by atoms with Crippen molar-refractivity contribution in [3.8, 4) is 5.75 Å². The van der Waals surface area contributed by atoms with E-state index < -0.39 is 0 Å². The lowest BCUT2D eigenvalue weighted by Crippen LogP contribution is -2.31. The number of carbonyl (C=O) groups is 1. The minimum atomic E-state index is -0.0630. The molecule has 0 aliphatic heterocycles. The maximum Gasteiger partial charge on any atom is 0.263 e. The van der Waals surface area contributed by atoms with Crippen LogP contribution in [0, 0.1) is 6.92 Å². The van der Waals surface area contributed by atoms with Crippen molar-refractivity contribution in [3.63, 3.8) is 0 Å². The van der Waals surface area contributed by atoms with Gasteiger partial charge in [-0.3, -0.25) is 9.78 Å². The molecule has 0 aliphatic rings. The van der Waals surface area contributed by atoms with Gasteiger partial charge in [0.15, 0.2) is 0 Å². The normalized spacial score (nSPS) is 12.0. The third kappa shape index (κ3) is 4.26. The Hall–Kier alpha value is -1.95. The van der Waals surface area contributed by atoms with Crippen LogP contribution in [0.3, 0.4) is 0 Å². The number of nitrogens with zero attached hydrogens (tertiary/aromatic N) is 2. The molecule has 0 saturated heterocycles. The topological polar surface area (TPSA) is 64.1 Å². The Kier molecular flexibility index (Phi) is 5.27. The molecule has 0 fully saturated rings. The lowest BCUT2D eigenvalue weighted by molar-refractivity contribution is 0.0942. The number of hydrogen-bond donors (Lipinski definition) is 1. The Balaban J connectivity index is 2.00. The van der Waals surface area contributed by atoms with Crippen molar-refractivity contribution in [2.24, 2.45) is 0 Å². The molecule has 2 aromatic heterocycles. The quantitative estimate of drug-likeness (QED) is 0.891. The van der Waals surface area contributed by atoms with Crippen LogP contribution in [0.1, 0.15) is 40.6 Å². The molecule has 1 unspecified atom stereocenters. The highest BCUT2D eigenvalue weighted by molar-refractivity contribution is 7.13. The second-order valence-corrected chi connectivity index (χ2v) is 5.87. The van der Waals surface area contributed by atoms with Gasteiger partial charge in [-0.2, -0.15) is 0 Å².